The van der Waals surface area contributed by atoms with E-state index in [0.717, 1.165) is 31.5 Å². The molecule has 1 aromatic carbocycles. The summed E-state index contributed by atoms with van der Waals surface area (Å²) in [5.41, 5.74) is 0.481. The van der Waals surface area contributed by atoms with Gasteiger partial charge in [-0.05, 0) is 55.8 Å². The Balaban J connectivity index is 2.29. The first-order valence-electron chi connectivity index (χ1n) is 9.05. The Morgan fingerprint density at radius 1 is 1.42 bits per heavy atom. The first kappa shape index (κ1) is 20.5. The molecule has 144 valence electrons. The van der Waals surface area contributed by atoms with E-state index in [2.05, 4.69) is 20.7 Å². The van der Waals surface area contributed by atoms with Crippen LogP contribution in [-0.2, 0) is 15.1 Å². The van der Waals surface area contributed by atoms with Crippen molar-refractivity contribution in [2.24, 2.45) is 5.92 Å². The van der Waals surface area contributed by atoms with Gasteiger partial charge >= 0.3 is 6.09 Å². The maximum Gasteiger partial charge on any atom is 0.406 e. The Morgan fingerprint density at radius 2 is 2.23 bits per heavy atom. The predicted molar refractivity (Wildman–Crippen MR) is 102 cm³/mol. The molecule has 26 heavy (non-hydrogen) atoms. The van der Waals surface area contributed by atoms with Crippen molar-refractivity contribution in [1.82, 2.24) is 16.0 Å². The lowest BCUT2D eigenvalue weighted by Gasteiger charge is -2.44. The van der Waals surface area contributed by atoms with Crippen molar-refractivity contribution in [3.8, 4) is 0 Å². The highest BCUT2D eigenvalue weighted by Gasteiger charge is 2.41. The topological polar surface area (TPSA) is 79.5 Å². The lowest BCUT2D eigenvalue weighted by Crippen LogP contribution is -2.55. The zero-order valence-electron chi connectivity index (χ0n) is 15.4. The van der Waals surface area contributed by atoms with Gasteiger partial charge in [-0.15, -0.1) is 0 Å². The van der Waals surface area contributed by atoms with Crippen LogP contribution >= 0.6 is 11.6 Å². The lowest BCUT2D eigenvalue weighted by atomic mass is 9.71. The van der Waals surface area contributed by atoms with E-state index in [4.69, 9.17) is 11.6 Å². The highest BCUT2D eigenvalue weighted by molar-refractivity contribution is 6.30. The van der Waals surface area contributed by atoms with E-state index in [1.54, 1.807) is 6.92 Å². The molecule has 0 bridgehead atoms. The number of benzene rings is 1. The van der Waals surface area contributed by atoms with E-state index in [1.165, 1.54) is 7.11 Å². The largest absolute Gasteiger partial charge is 0.453 e. The first-order valence-corrected chi connectivity index (χ1v) is 9.43. The molecule has 0 unspecified atom stereocenters. The molecule has 1 aromatic rings. The van der Waals surface area contributed by atoms with Gasteiger partial charge in [-0.25, -0.2) is 4.79 Å². The third-order valence-electron chi connectivity index (χ3n) is 4.94. The molecule has 2 amide bonds. The molecule has 1 fully saturated rings. The molecule has 2 atom stereocenters. The van der Waals surface area contributed by atoms with Gasteiger partial charge in [-0.3, -0.25) is 4.79 Å². The summed E-state index contributed by atoms with van der Waals surface area (Å²) in [4.78, 5) is 23.4. The number of hydrogen-bond donors (Lipinski definition) is 3. The summed E-state index contributed by atoms with van der Waals surface area (Å²) in [6.45, 7) is 3.85. The van der Waals surface area contributed by atoms with Crippen LogP contribution in [0.1, 0.15) is 38.2 Å². The van der Waals surface area contributed by atoms with Crippen LogP contribution in [0.15, 0.2) is 24.3 Å². The van der Waals surface area contributed by atoms with E-state index in [1.807, 2.05) is 24.3 Å². The number of halogens is 1. The quantitative estimate of drug-likeness (QED) is 0.634. The van der Waals surface area contributed by atoms with Gasteiger partial charge in [-0.1, -0.05) is 23.7 Å². The molecule has 7 heteroatoms. The molecule has 1 heterocycles. The second kappa shape index (κ2) is 9.78. The van der Waals surface area contributed by atoms with Gasteiger partial charge in [0.25, 0.3) is 0 Å². The van der Waals surface area contributed by atoms with Crippen LogP contribution in [0.25, 0.3) is 0 Å². The van der Waals surface area contributed by atoms with Crippen molar-refractivity contribution in [2.45, 2.75) is 38.1 Å². The second-order valence-corrected chi connectivity index (χ2v) is 7.16. The maximum atomic E-state index is 12.1. The highest BCUT2D eigenvalue weighted by atomic mass is 35.5. The molecule has 3 N–H and O–H groups in total. The van der Waals surface area contributed by atoms with Crippen molar-refractivity contribution >= 4 is 23.6 Å². The highest BCUT2D eigenvalue weighted by Crippen LogP contribution is 2.39. The van der Waals surface area contributed by atoms with Crippen LogP contribution in [-0.4, -0.2) is 38.7 Å². The van der Waals surface area contributed by atoms with Crippen molar-refractivity contribution < 1.29 is 14.3 Å². The van der Waals surface area contributed by atoms with E-state index in [9.17, 15) is 9.59 Å². The van der Waals surface area contributed by atoms with Gasteiger partial charge in [0.1, 0.15) is 0 Å². The van der Waals surface area contributed by atoms with Gasteiger partial charge in [0.15, 0.2) is 0 Å². The first-order chi connectivity index (χ1) is 12.5. The standard InChI is InChI=1S/C19H28ClN3O3/c1-14(24)23-19(16-7-4-10-21-13-16,9-5-11-22-18(25)26-2)15-6-3-8-17(20)12-15/h3,6,8,12,16,21H,4-5,7,9-11,13H2,1-2H3,(H,22,25)(H,23,24)/t16-,19-/m1/s1. The third kappa shape index (κ3) is 5.35. The van der Waals surface area contributed by atoms with Crippen LogP contribution < -0.4 is 16.0 Å². The Kier molecular flexibility index (Phi) is 7.72. The van der Waals surface area contributed by atoms with Crippen molar-refractivity contribution in [1.29, 1.82) is 0 Å². The monoisotopic (exact) mass is 381 g/mol. The Morgan fingerprint density at radius 3 is 2.85 bits per heavy atom. The van der Waals surface area contributed by atoms with Crippen LogP contribution in [0, 0.1) is 5.92 Å². The molecular formula is C19H28ClN3O3. The smallest absolute Gasteiger partial charge is 0.406 e. The number of methoxy groups -OCH3 is 1. The minimum Gasteiger partial charge on any atom is -0.453 e. The Hall–Kier alpha value is -1.79. The van der Waals surface area contributed by atoms with Gasteiger partial charge in [0.05, 0.1) is 12.6 Å². The van der Waals surface area contributed by atoms with Gasteiger partial charge < -0.3 is 20.7 Å². The number of hydrogen-bond acceptors (Lipinski definition) is 4. The van der Waals surface area contributed by atoms with E-state index >= 15 is 0 Å². The minimum absolute atomic E-state index is 0.0727. The fourth-order valence-corrected chi connectivity index (χ4v) is 3.99. The molecule has 0 aromatic heterocycles. The van der Waals surface area contributed by atoms with E-state index in [0.29, 0.717) is 24.4 Å². The lowest BCUT2D eigenvalue weighted by molar-refractivity contribution is -0.122. The number of piperidine rings is 1. The number of rotatable bonds is 7. The predicted octanol–water partition coefficient (Wildman–Crippen LogP) is 2.81. The number of nitrogens with one attached hydrogen (secondary N) is 3. The van der Waals surface area contributed by atoms with Crippen LogP contribution in [0.3, 0.4) is 0 Å². The number of alkyl carbamates (subject to hydrolysis) is 1. The summed E-state index contributed by atoms with van der Waals surface area (Å²) in [5.74, 6) is 0.174. The normalized spacial score (nSPS) is 19.3. The molecule has 1 aliphatic rings. The number of ether oxygens (including phenoxy) is 1. The summed E-state index contributed by atoms with van der Waals surface area (Å²) in [6, 6.07) is 7.70. The summed E-state index contributed by atoms with van der Waals surface area (Å²) >= 11 is 6.25. The molecule has 0 spiro atoms. The van der Waals surface area contributed by atoms with Crippen LogP contribution in [0.5, 0.6) is 0 Å². The fourth-order valence-electron chi connectivity index (χ4n) is 3.80. The molecule has 0 saturated carbocycles. The average Bonchev–Trinajstić information content (AvgIpc) is 2.64. The minimum atomic E-state index is -0.526. The number of carbonyl (C=O) groups is 2. The SMILES string of the molecule is COC(=O)NCCC[C@@](NC(C)=O)(c1cccc(Cl)c1)[C@@H]1CCCNC1. The van der Waals surface area contributed by atoms with Gasteiger partial charge in [0.2, 0.25) is 5.91 Å². The molecule has 1 aliphatic heterocycles. The third-order valence-corrected chi connectivity index (χ3v) is 5.17. The van der Waals surface area contributed by atoms with E-state index in [-0.39, 0.29) is 11.8 Å². The summed E-state index contributed by atoms with van der Waals surface area (Å²) in [5, 5.41) is 10.0. The maximum absolute atomic E-state index is 12.1. The van der Waals surface area contributed by atoms with E-state index < -0.39 is 11.6 Å². The number of amides is 2. The average molecular weight is 382 g/mol. The van der Waals surface area contributed by atoms with Crippen LogP contribution in [0.2, 0.25) is 5.02 Å². The summed E-state index contributed by atoms with van der Waals surface area (Å²) < 4.78 is 4.62. The zero-order chi connectivity index (χ0) is 19.0. The molecular weight excluding hydrogens is 354 g/mol. The second-order valence-electron chi connectivity index (χ2n) is 6.73. The van der Waals surface area contributed by atoms with Gasteiger partial charge in [0, 0.05) is 25.0 Å². The molecule has 2 rings (SSSR count). The molecule has 0 radical (unpaired) electrons. The Labute approximate surface area is 160 Å². The van der Waals surface area contributed by atoms with Gasteiger partial charge in [-0.2, -0.15) is 0 Å². The summed E-state index contributed by atoms with van der Waals surface area (Å²) in [7, 11) is 1.34. The van der Waals surface area contributed by atoms with Crippen molar-refractivity contribution in [3.63, 3.8) is 0 Å². The summed E-state index contributed by atoms with van der Waals surface area (Å²) in [6.07, 6.45) is 3.04. The molecule has 6 nitrogen and oxygen atoms in total. The molecule has 0 aliphatic carbocycles. The number of carbonyl (C=O) groups excluding carboxylic acids is 2. The van der Waals surface area contributed by atoms with Crippen LogP contribution in [0.4, 0.5) is 4.79 Å². The van der Waals surface area contributed by atoms with Crippen molar-refractivity contribution in [3.05, 3.63) is 34.9 Å². The Bertz CT molecular complexity index is 620. The zero-order valence-corrected chi connectivity index (χ0v) is 16.2. The molecule has 1 saturated heterocycles. The van der Waals surface area contributed by atoms with Crippen molar-refractivity contribution in [2.75, 3.05) is 26.7 Å². The fraction of sp³-hybridized carbons (Fsp3) is 0.579.